The molecule has 0 unspecified atom stereocenters. The maximum Gasteiger partial charge on any atom is 2.00 e. The van der Waals surface area contributed by atoms with Gasteiger partial charge in [0.05, 0.1) is 0 Å². The molecule has 0 radical (unpaired) electrons. The van der Waals surface area contributed by atoms with Crippen molar-refractivity contribution in [3.63, 3.8) is 0 Å². The summed E-state index contributed by atoms with van der Waals surface area (Å²) in [5.74, 6) is 0.125. The zero-order valence-corrected chi connectivity index (χ0v) is 7.20. The fraction of sp³-hybridized carbons (Fsp3) is 0. The third kappa shape index (κ3) is 3.75. The Balaban J connectivity index is -0.000000101. The summed E-state index contributed by atoms with van der Waals surface area (Å²) in [6, 6.07) is 0. The predicted octanol–water partition coefficient (Wildman–Crippen LogP) is -2.36. The second-order valence-electron chi connectivity index (χ2n) is 1.41. The van der Waals surface area contributed by atoms with Gasteiger partial charge in [-0.1, -0.05) is 0 Å². The second-order valence-corrected chi connectivity index (χ2v) is 1.41. The van der Waals surface area contributed by atoms with E-state index in [1.165, 1.54) is 0 Å². The number of rotatable bonds is 0. The minimum absolute atomic E-state index is 0. The first-order valence-electron chi connectivity index (χ1n) is 2.21. The summed E-state index contributed by atoms with van der Waals surface area (Å²) in [6.45, 7) is 0. The van der Waals surface area contributed by atoms with Crippen LogP contribution in [0.25, 0.3) is 0 Å². The molecule has 0 aromatic carbocycles. The van der Waals surface area contributed by atoms with E-state index in [4.69, 9.17) is 17.2 Å². The topological polar surface area (TPSA) is 148 Å². The van der Waals surface area contributed by atoms with Gasteiger partial charge in [-0.3, -0.25) is 0 Å². The van der Waals surface area contributed by atoms with E-state index in [0.29, 0.717) is 0 Å². The molecule has 0 aliphatic carbocycles. The minimum atomic E-state index is 0. The maximum atomic E-state index is 5.14. The Morgan fingerprint density at radius 2 is 1.00 bits per heavy atom. The molecule has 0 saturated carbocycles. The van der Waals surface area contributed by atoms with Gasteiger partial charge >= 0.3 is 23.1 Å². The first kappa shape index (κ1) is 12.8. The normalized spacial score (nSPS) is 7.64. The van der Waals surface area contributed by atoms with Crippen LogP contribution in [0, 0.1) is 0 Å². The van der Waals surface area contributed by atoms with E-state index in [-0.39, 0.29) is 49.2 Å². The molecule has 1 aromatic rings. The van der Waals surface area contributed by atoms with E-state index in [0.717, 1.165) is 0 Å². The van der Waals surface area contributed by atoms with Crippen LogP contribution in [-0.4, -0.2) is 43.5 Å². The number of aromatic nitrogens is 3. The Bertz CT molecular complexity index is 187. The van der Waals surface area contributed by atoms with Crippen LogP contribution in [0.2, 0.25) is 0 Å². The molecule has 60 valence electrons. The summed E-state index contributed by atoms with van der Waals surface area (Å²) >= 11 is 0. The summed E-state index contributed by atoms with van der Waals surface area (Å²) in [7, 11) is 0. The summed E-state index contributed by atoms with van der Waals surface area (Å²) in [5, 5.41) is 0. The third-order valence-corrected chi connectivity index (χ3v) is 0.687. The Morgan fingerprint density at radius 1 is 0.818 bits per heavy atom. The largest absolute Gasteiger partial charge is 2.00 e. The van der Waals surface area contributed by atoms with Gasteiger partial charge in [0.2, 0.25) is 17.8 Å². The monoisotopic (exact) mass is 170 g/mol. The second kappa shape index (κ2) is 4.88. The van der Waals surface area contributed by atoms with Crippen molar-refractivity contribution in [1.82, 2.24) is 15.0 Å². The van der Waals surface area contributed by atoms with E-state index in [1.807, 2.05) is 0 Å². The van der Waals surface area contributed by atoms with Crippen LogP contribution >= 0.6 is 0 Å². The van der Waals surface area contributed by atoms with E-state index >= 15 is 0 Å². The van der Waals surface area contributed by atoms with Crippen LogP contribution in [-0.2, 0) is 0 Å². The SMILES string of the molecule is Nc1nc(N)nc(N)n1.O.[H-].[H-].[Mg+2]. The molecule has 0 saturated heterocycles. The number of nitrogen functional groups attached to an aromatic ring is 3. The van der Waals surface area contributed by atoms with Gasteiger partial charge in [0, 0.05) is 0 Å². The standard InChI is InChI=1S/C3H6N6.Mg.H2O.2H/c4-1-7-2(5)9-3(6)8-1;;;;/h(H6,4,5,6,7,8,9);;1H2;;/q;+2;;2*-1. The summed E-state index contributed by atoms with van der Waals surface area (Å²) in [5.41, 5.74) is 15.4. The van der Waals surface area contributed by atoms with Gasteiger partial charge < -0.3 is 25.5 Å². The molecule has 1 heterocycles. The quantitative estimate of drug-likeness (QED) is 0.371. The van der Waals surface area contributed by atoms with Crippen LogP contribution in [0.1, 0.15) is 2.85 Å². The molecule has 0 fully saturated rings. The van der Waals surface area contributed by atoms with Gasteiger partial charge in [0.25, 0.3) is 0 Å². The average Bonchev–Trinajstić information content (AvgIpc) is 1.59. The van der Waals surface area contributed by atoms with Crippen molar-refractivity contribution in [2.24, 2.45) is 0 Å². The molecule has 0 bridgehead atoms. The average molecular weight is 170 g/mol. The fourth-order valence-electron chi connectivity index (χ4n) is 0.427. The van der Waals surface area contributed by atoms with Crippen LogP contribution in [0.4, 0.5) is 17.8 Å². The molecular formula is C3H10MgN6O. The van der Waals surface area contributed by atoms with Crippen LogP contribution in [0.5, 0.6) is 0 Å². The predicted molar refractivity (Wildman–Crippen MR) is 44.7 cm³/mol. The van der Waals surface area contributed by atoms with Crippen LogP contribution in [0.15, 0.2) is 0 Å². The van der Waals surface area contributed by atoms with Gasteiger partial charge in [-0.05, 0) is 0 Å². The first-order valence-corrected chi connectivity index (χ1v) is 2.21. The van der Waals surface area contributed by atoms with Crippen molar-refractivity contribution in [3.05, 3.63) is 0 Å². The first-order chi connectivity index (χ1) is 4.18. The molecule has 0 atom stereocenters. The van der Waals surface area contributed by atoms with E-state index in [1.54, 1.807) is 0 Å². The van der Waals surface area contributed by atoms with Crippen molar-refractivity contribution >= 4 is 40.9 Å². The van der Waals surface area contributed by atoms with Gasteiger partial charge in [-0.15, -0.1) is 0 Å². The van der Waals surface area contributed by atoms with Gasteiger partial charge in [-0.2, -0.15) is 15.0 Å². The van der Waals surface area contributed by atoms with E-state index in [2.05, 4.69) is 15.0 Å². The summed E-state index contributed by atoms with van der Waals surface area (Å²) < 4.78 is 0. The Kier molecular flexibility index (Phi) is 5.67. The van der Waals surface area contributed by atoms with Gasteiger partial charge in [0.1, 0.15) is 0 Å². The molecule has 0 aliphatic rings. The molecular weight excluding hydrogens is 160 g/mol. The van der Waals surface area contributed by atoms with E-state index in [9.17, 15) is 0 Å². The molecule has 8 N–H and O–H groups in total. The molecule has 0 spiro atoms. The molecule has 0 amide bonds. The van der Waals surface area contributed by atoms with Crippen molar-refractivity contribution in [2.75, 3.05) is 17.2 Å². The molecule has 1 aromatic heterocycles. The van der Waals surface area contributed by atoms with Gasteiger partial charge in [0.15, 0.2) is 0 Å². The Labute approximate surface area is 81.8 Å². The van der Waals surface area contributed by atoms with Crippen molar-refractivity contribution in [2.45, 2.75) is 0 Å². The van der Waals surface area contributed by atoms with Crippen molar-refractivity contribution in [1.29, 1.82) is 0 Å². The number of nitrogens with two attached hydrogens (primary N) is 3. The van der Waals surface area contributed by atoms with Crippen LogP contribution < -0.4 is 17.2 Å². The minimum Gasteiger partial charge on any atom is -1.00 e. The van der Waals surface area contributed by atoms with Gasteiger partial charge in [-0.25, -0.2) is 0 Å². The molecule has 1 rings (SSSR count). The smallest absolute Gasteiger partial charge is 1.00 e. The zero-order valence-electron chi connectivity index (χ0n) is 7.78. The van der Waals surface area contributed by atoms with Crippen LogP contribution in [0.3, 0.4) is 0 Å². The molecule has 8 heteroatoms. The third-order valence-electron chi connectivity index (χ3n) is 0.687. The Morgan fingerprint density at radius 3 is 1.18 bits per heavy atom. The zero-order chi connectivity index (χ0) is 6.85. The number of nitrogens with zero attached hydrogens (tertiary/aromatic N) is 3. The molecule has 11 heavy (non-hydrogen) atoms. The van der Waals surface area contributed by atoms with Crippen molar-refractivity contribution in [3.8, 4) is 0 Å². The van der Waals surface area contributed by atoms with Crippen molar-refractivity contribution < 1.29 is 8.33 Å². The molecule has 7 nitrogen and oxygen atoms in total. The Hall–Kier alpha value is -0.864. The fourth-order valence-corrected chi connectivity index (χ4v) is 0.427. The number of hydrogen-bond donors (Lipinski definition) is 3. The van der Waals surface area contributed by atoms with E-state index < -0.39 is 0 Å². The number of anilines is 3. The summed E-state index contributed by atoms with van der Waals surface area (Å²) in [6.07, 6.45) is 0. The number of hydrogen-bond acceptors (Lipinski definition) is 6. The summed E-state index contributed by atoms with van der Waals surface area (Å²) in [4.78, 5) is 10.5. The molecule has 0 aliphatic heterocycles. The maximum absolute atomic E-state index is 5.14.